The first-order valence-corrected chi connectivity index (χ1v) is 10.4. The van der Waals surface area contributed by atoms with Gasteiger partial charge in [0, 0.05) is 12.5 Å². The number of carbonyl (C=O) groups is 2. The Morgan fingerprint density at radius 2 is 1.44 bits per heavy atom. The highest BCUT2D eigenvalue weighted by Gasteiger charge is 2.28. The maximum absolute atomic E-state index is 12.4. The summed E-state index contributed by atoms with van der Waals surface area (Å²) in [7, 11) is 0. The minimum atomic E-state index is -0.951. The van der Waals surface area contributed by atoms with Crippen LogP contribution in [0.5, 0.6) is 0 Å². The quantitative estimate of drug-likeness (QED) is 0.440. The van der Waals surface area contributed by atoms with Crippen LogP contribution in [0.2, 0.25) is 0 Å². The van der Waals surface area contributed by atoms with Gasteiger partial charge in [-0.1, -0.05) is 66.7 Å². The second-order valence-corrected chi connectivity index (χ2v) is 7.88. The Labute approximate surface area is 185 Å². The highest BCUT2D eigenvalue weighted by atomic mass is 16.5. The van der Waals surface area contributed by atoms with E-state index in [1.54, 1.807) is 18.2 Å². The van der Waals surface area contributed by atoms with E-state index in [1.165, 1.54) is 22.3 Å². The van der Waals surface area contributed by atoms with Crippen molar-refractivity contribution in [2.75, 3.05) is 6.61 Å². The molecule has 0 saturated heterocycles. The van der Waals surface area contributed by atoms with Gasteiger partial charge in [0.1, 0.15) is 6.61 Å². The van der Waals surface area contributed by atoms with Gasteiger partial charge in [0.25, 0.3) is 0 Å². The molecule has 0 bridgehead atoms. The van der Waals surface area contributed by atoms with E-state index in [4.69, 9.17) is 9.84 Å². The molecule has 0 unspecified atom stereocenters. The summed E-state index contributed by atoms with van der Waals surface area (Å²) < 4.78 is 5.58. The van der Waals surface area contributed by atoms with Crippen LogP contribution < -0.4 is 5.32 Å². The Bertz CT molecular complexity index is 1300. The summed E-state index contributed by atoms with van der Waals surface area (Å²) in [5.74, 6) is -0.926. The first-order valence-electron chi connectivity index (χ1n) is 10.4. The molecular formula is C27H21NO4. The average Bonchev–Trinajstić information content (AvgIpc) is 3.14. The van der Waals surface area contributed by atoms with Gasteiger partial charge in [-0.15, -0.1) is 0 Å². The minimum absolute atomic E-state index is 0.0252. The Morgan fingerprint density at radius 1 is 0.812 bits per heavy atom. The van der Waals surface area contributed by atoms with Crippen molar-refractivity contribution in [3.05, 3.63) is 107 Å². The number of hydrogen-bond acceptors (Lipinski definition) is 3. The summed E-state index contributed by atoms with van der Waals surface area (Å²) in [6, 6.07) is 27.1. The van der Waals surface area contributed by atoms with Gasteiger partial charge in [0.15, 0.2) is 0 Å². The second-order valence-electron chi connectivity index (χ2n) is 7.88. The number of carbonyl (C=O) groups excluding carboxylic acids is 1. The van der Waals surface area contributed by atoms with Crippen molar-refractivity contribution in [3.8, 4) is 11.1 Å². The fraction of sp³-hybridized carbons (Fsp3) is 0.111. The van der Waals surface area contributed by atoms with Crippen LogP contribution >= 0.6 is 0 Å². The van der Waals surface area contributed by atoms with Crippen LogP contribution in [-0.4, -0.2) is 23.8 Å². The first kappa shape index (κ1) is 19.8. The lowest BCUT2D eigenvalue weighted by molar-refractivity contribution is 0.0697. The molecule has 0 heterocycles. The van der Waals surface area contributed by atoms with Gasteiger partial charge in [-0.2, -0.15) is 0 Å². The van der Waals surface area contributed by atoms with E-state index in [2.05, 4.69) is 29.6 Å². The number of fused-ring (bicyclic) bond motifs is 4. The van der Waals surface area contributed by atoms with E-state index in [1.807, 2.05) is 42.5 Å². The van der Waals surface area contributed by atoms with Crippen molar-refractivity contribution in [2.24, 2.45) is 0 Å². The maximum Gasteiger partial charge on any atom is 0.407 e. The lowest BCUT2D eigenvalue weighted by Gasteiger charge is -2.14. The van der Waals surface area contributed by atoms with Gasteiger partial charge in [-0.25, -0.2) is 9.59 Å². The number of carboxylic acid groups (broad SMARTS) is 1. The van der Waals surface area contributed by atoms with Crippen molar-refractivity contribution in [2.45, 2.75) is 12.5 Å². The first-order chi connectivity index (χ1) is 15.6. The van der Waals surface area contributed by atoms with E-state index >= 15 is 0 Å². The fourth-order valence-electron chi connectivity index (χ4n) is 4.36. The van der Waals surface area contributed by atoms with Crippen molar-refractivity contribution in [3.63, 3.8) is 0 Å². The number of benzene rings is 4. The molecule has 0 atom stereocenters. The molecule has 0 saturated carbocycles. The molecule has 158 valence electrons. The smallest absolute Gasteiger partial charge is 0.407 e. The molecule has 2 N–H and O–H groups in total. The van der Waals surface area contributed by atoms with Gasteiger partial charge in [0.05, 0.1) is 5.56 Å². The largest absolute Gasteiger partial charge is 0.478 e. The van der Waals surface area contributed by atoms with Crippen LogP contribution in [0.3, 0.4) is 0 Å². The SMILES string of the molecule is O=C(NCc1ccc2cc(C(=O)O)ccc2c1)OCC1c2ccccc2-c2ccccc21. The minimum Gasteiger partial charge on any atom is -0.478 e. The fourth-order valence-corrected chi connectivity index (χ4v) is 4.36. The number of amides is 1. The molecule has 0 aliphatic heterocycles. The van der Waals surface area contributed by atoms with Crippen LogP contribution in [0.1, 0.15) is 33.0 Å². The zero-order valence-corrected chi connectivity index (χ0v) is 17.2. The van der Waals surface area contributed by atoms with Gasteiger partial charge in [-0.05, 0) is 56.8 Å². The summed E-state index contributed by atoms with van der Waals surface area (Å²) in [4.78, 5) is 23.5. The summed E-state index contributed by atoms with van der Waals surface area (Å²) in [6.45, 7) is 0.600. The molecule has 32 heavy (non-hydrogen) atoms. The van der Waals surface area contributed by atoms with Crippen LogP contribution in [0.4, 0.5) is 4.79 Å². The molecule has 4 aromatic carbocycles. The highest BCUT2D eigenvalue weighted by Crippen LogP contribution is 2.44. The molecule has 0 spiro atoms. The number of alkyl carbamates (subject to hydrolysis) is 1. The maximum atomic E-state index is 12.4. The lowest BCUT2D eigenvalue weighted by atomic mass is 9.98. The normalized spacial score (nSPS) is 12.2. The Balaban J connectivity index is 1.23. The molecule has 0 aromatic heterocycles. The number of nitrogens with one attached hydrogen (secondary N) is 1. The van der Waals surface area contributed by atoms with Gasteiger partial charge >= 0.3 is 12.1 Å². The second kappa shape index (κ2) is 8.19. The van der Waals surface area contributed by atoms with Crippen LogP contribution in [0.15, 0.2) is 84.9 Å². The number of hydrogen-bond donors (Lipinski definition) is 2. The van der Waals surface area contributed by atoms with Crippen molar-refractivity contribution in [1.29, 1.82) is 0 Å². The molecule has 5 rings (SSSR count). The third-order valence-electron chi connectivity index (χ3n) is 5.93. The topological polar surface area (TPSA) is 75.6 Å². The van der Waals surface area contributed by atoms with Crippen LogP contribution in [0, 0.1) is 0 Å². The molecule has 1 aliphatic carbocycles. The molecule has 1 aliphatic rings. The monoisotopic (exact) mass is 423 g/mol. The molecular weight excluding hydrogens is 402 g/mol. The van der Waals surface area contributed by atoms with Gasteiger partial charge < -0.3 is 15.2 Å². The van der Waals surface area contributed by atoms with Crippen molar-refractivity contribution < 1.29 is 19.4 Å². The molecule has 0 radical (unpaired) electrons. The van der Waals surface area contributed by atoms with E-state index in [0.717, 1.165) is 16.3 Å². The molecule has 4 aromatic rings. The molecule has 0 fully saturated rings. The predicted molar refractivity (Wildman–Crippen MR) is 123 cm³/mol. The van der Waals surface area contributed by atoms with E-state index in [0.29, 0.717) is 6.54 Å². The Hall–Kier alpha value is -4.12. The molecule has 1 amide bonds. The lowest BCUT2D eigenvalue weighted by Crippen LogP contribution is -2.25. The zero-order valence-electron chi connectivity index (χ0n) is 17.2. The summed E-state index contributed by atoms with van der Waals surface area (Å²) in [5.41, 5.74) is 5.91. The summed E-state index contributed by atoms with van der Waals surface area (Å²) in [6.07, 6.45) is -0.465. The number of rotatable bonds is 5. The van der Waals surface area contributed by atoms with Crippen LogP contribution in [0.25, 0.3) is 21.9 Å². The summed E-state index contributed by atoms with van der Waals surface area (Å²) >= 11 is 0. The third kappa shape index (κ3) is 3.69. The zero-order chi connectivity index (χ0) is 22.1. The standard InChI is InChI=1S/C27H21NO4/c29-26(30)20-12-11-18-13-17(9-10-19(18)14-20)15-28-27(31)32-16-25-23-7-3-1-5-21(23)22-6-2-4-8-24(22)25/h1-14,25H,15-16H2,(H,28,31)(H,29,30). The van der Waals surface area contributed by atoms with E-state index < -0.39 is 12.1 Å². The van der Waals surface area contributed by atoms with Crippen molar-refractivity contribution >= 4 is 22.8 Å². The van der Waals surface area contributed by atoms with E-state index in [9.17, 15) is 9.59 Å². The number of ether oxygens (including phenoxy) is 1. The Morgan fingerprint density at radius 3 is 2.12 bits per heavy atom. The summed E-state index contributed by atoms with van der Waals surface area (Å²) in [5, 5.41) is 13.7. The number of carboxylic acids is 1. The van der Waals surface area contributed by atoms with E-state index in [-0.39, 0.29) is 18.1 Å². The Kier molecular flexibility index (Phi) is 5.07. The molecule has 5 nitrogen and oxygen atoms in total. The number of aromatic carboxylic acids is 1. The van der Waals surface area contributed by atoms with Gasteiger partial charge in [-0.3, -0.25) is 0 Å². The third-order valence-corrected chi connectivity index (χ3v) is 5.93. The van der Waals surface area contributed by atoms with Crippen LogP contribution in [-0.2, 0) is 11.3 Å². The van der Waals surface area contributed by atoms with Gasteiger partial charge in [0.2, 0.25) is 0 Å². The predicted octanol–water partition coefficient (Wildman–Crippen LogP) is 5.58. The highest BCUT2D eigenvalue weighted by molar-refractivity contribution is 5.94. The average molecular weight is 423 g/mol. The molecule has 5 heteroatoms. The van der Waals surface area contributed by atoms with Crippen molar-refractivity contribution in [1.82, 2.24) is 5.32 Å².